The van der Waals surface area contributed by atoms with Gasteiger partial charge in [0.05, 0.1) is 5.39 Å². The van der Waals surface area contributed by atoms with Crippen molar-refractivity contribution in [1.29, 1.82) is 0 Å². The maximum atomic E-state index is 2.37. The first-order valence-electron chi connectivity index (χ1n) is 8.76. The van der Waals surface area contributed by atoms with Crippen LogP contribution in [0.2, 0.25) is 0 Å². The molecule has 0 aliphatic rings. The van der Waals surface area contributed by atoms with Crippen LogP contribution in [0, 0.1) is 13.8 Å². The number of benzene rings is 3. The van der Waals surface area contributed by atoms with Gasteiger partial charge in [-0.15, -0.1) is 0 Å². The Labute approximate surface area is 149 Å². The molecular weight excluding hydrogens is 302 g/mol. The van der Waals surface area contributed by atoms with Crippen LogP contribution in [0.15, 0.2) is 85.1 Å². The molecule has 0 amide bonds. The highest BCUT2D eigenvalue weighted by molar-refractivity contribution is 5.93. The van der Waals surface area contributed by atoms with Gasteiger partial charge in [0.25, 0.3) is 0 Å². The Hall–Kier alpha value is -2.93. The molecule has 1 nitrogen and oxygen atoms in total. The van der Waals surface area contributed by atoms with Gasteiger partial charge in [0.1, 0.15) is 0 Å². The van der Waals surface area contributed by atoms with E-state index in [4.69, 9.17) is 0 Å². The van der Waals surface area contributed by atoms with Crippen molar-refractivity contribution in [2.24, 2.45) is 0 Å². The van der Waals surface area contributed by atoms with E-state index in [1.54, 1.807) is 0 Å². The van der Waals surface area contributed by atoms with Crippen LogP contribution in [0.1, 0.15) is 16.7 Å². The van der Waals surface area contributed by atoms with Crippen LogP contribution < -0.4 is 4.57 Å². The molecule has 0 atom stereocenters. The predicted octanol–water partition coefficient (Wildman–Crippen LogP) is 5.46. The summed E-state index contributed by atoms with van der Waals surface area (Å²) in [7, 11) is 0. The zero-order valence-corrected chi connectivity index (χ0v) is 14.7. The first-order valence-corrected chi connectivity index (χ1v) is 8.76. The van der Waals surface area contributed by atoms with Crippen LogP contribution in [0.5, 0.6) is 0 Å². The standard InChI is InChI=1S/C24H22N/c1-18-9-8-14-22(19(18)2)24-23-13-7-6-12-21(23)15-16-25(24)17-20-10-4-3-5-11-20/h3-16H,17H2,1-2H3/q+1. The lowest BCUT2D eigenvalue weighted by atomic mass is 9.96. The molecule has 4 aromatic rings. The Balaban J connectivity index is 1.99. The van der Waals surface area contributed by atoms with Gasteiger partial charge in [0.15, 0.2) is 12.7 Å². The summed E-state index contributed by atoms with van der Waals surface area (Å²) < 4.78 is 2.37. The predicted molar refractivity (Wildman–Crippen MR) is 105 cm³/mol. The van der Waals surface area contributed by atoms with Crippen molar-refractivity contribution in [3.63, 3.8) is 0 Å². The van der Waals surface area contributed by atoms with Crippen LogP contribution in [-0.2, 0) is 6.54 Å². The maximum Gasteiger partial charge on any atom is 0.220 e. The molecule has 3 aromatic carbocycles. The van der Waals surface area contributed by atoms with Crippen molar-refractivity contribution in [3.05, 3.63) is 102 Å². The number of nitrogens with zero attached hydrogens (tertiary/aromatic N) is 1. The largest absolute Gasteiger partial charge is 0.220 e. The minimum absolute atomic E-state index is 0.869. The van der Waals surface area contributed by atoms with Crippen molar-refractivity contribution >= 4 is 10.8 Å². The van der Waals surface area contributed by atoms with E-state index in [1.807, 2.05) is 0 Å². The van der Waals surface area contributed by atoms with Crippen LogP contribution in [0.3, 0.4) is 0 Å². The lowest BCUT2D eigenvalue weighted by Gasteiger charge is -2.11. The number of pyridine rings is 1. The lowest BCUT2D eigenvalue weighted by Crippen LogP contribution is -2.36. The fourth-order valence-electron chi connectivity index (χ4n) is 3.48. The molecule has 0 saturated heterocycles. The Morgan fingerprint density at radius 3 is 2.32 bits per heavy atom. The quantitative estimate of drug-likeness (QED) is 0.441. The summed E-state index contributed by atoms with van der Waals surface area (Å²) in [6.07, 6.45) is 2.21. The second kappa shape index (κ2) is 6.52. The molecule has 0 radical (unpaired) electrons. The fourth-order valence-corrected chi connectivity index (χ4v) is 3.48. The number of aromatic nitrogens is 1. The molecule has 0 N–H and O–H groups in total. The fraction of sp³-hybridized carbons (Fsp3) is 0.125. The molecule has 1 heteroatoms. The van der Waals surface area contributed by atoms with Crippen LogP contribution in [0.25, 0.3) is 22.0 Å². The first kappa shape index (κ1) is 15.6. The molecule has 0 fully saturated rings. The third kappa shape index (κ3) is 2.94. The van der Waals surface area contributed by atoms with Gasteiger partial charge >= 0.3 is 0 Å². The summed E-state index contributed by atoms with van der Waals surface area (Å²) in [5.41, 5.74) is 6.60. The van der Waals surface area contributed by atoms with Gasteiger partial charge in [-0.1, -0.05) is 60.7 Å². The molecule has 0 saturated carbocycles. The molecule has 0 unspecified atom stereocenters. The zero-order valence-electron chi connectivity index (χ0n) is 14.7. The molecular formula is C24H22N+. The van der Waals surface area contributed by atoms with Crippen LogP contribution in [0.4, 0.5) is 0 Å². The van der Waals surface area contributed by atoms with Crippen molar-refractivity contribution < 1.29 is 4.57 Å². The van der Waals surface area contributed by atoms with Crippen LogP contribution in [-0.4, -0.2) is 0 Å². The summed E-state index contributed by atoms with van der Waals surface area (Å²) in [5.74, 6) is 0. The monoisotopic (exact) mass is 324 g/mol. The number of hydrogen-bond acceptors (Lipinski definition) is 0. The highest BCUT2D eigenvalue weighted by Crippen LogP contribution is 2.29. The first-order chi connectivity index (χ1) is 12.2. The number of hydrogen-bond donors (Lipinski definition) is 0. The molecule has 4 rings (SSSR count). The molecule has 0 spiro atoms. The van der Waals surface area contributed by atoms with Gasteiger partial charge in [-0.05, 0) is 42.5 Å². The SMILES string of the molecule is Cc1cccc(-c2c3ccccc3cc[n+]2Cc2ccccc2)c1C. The molecule has 25 heavy (non-hydrogen) atoms. The Bertz CT molecular complexity index is 1030. The third-order valence-electron chi connectivity index (χ3n) is 4.99. The number of aryl methyl sites for hydroxylation is 1. The summed E-state index contributed by atoms with van der Waals surface area (Å²) >= 11 is 0. The zero-order chi connectivity index (χ0) is 17.2. The second-order valence-corrected chi connectivity index (χ2v) is 6.61. The summed E-state index contributed by atoms with van der Waals surface area (Å²) in [6.45, 7) is 5.28. The van der Waals surface area contributed by atoms with Gasteiger partial charge in [0, 0.05) is 17.2 Å². The van der Waals surface area contributed by atoms with Gasteiger partial charge < -0.3 is 0 Å². The Morgan fingerprint density at radius 1 is 0.720 bits per heavy atom. The van der Waals surface area contributed by atoms with Crippen molar-refractivity contribution in [3.8, 4) is 11.3 Å². The van der Waals surface area contributed by atoms with E-state index < -0.39 is 0 Å². The summed E-state index contributed by atoms with van der Waals surface area (Å²) in [6, 6.07) is 28.1. The summed E-state index contributed by atoms with van der Waals surface area (Å²) in [4.78, 5) is 0. The minimum atomic E-state index is 0.869. The van der Waals surface area contributed by atoms with Crippen molar-refractivity contribution in [1.82, 2.24) is 0 Å². The Kier molecular flexibility index (Phi) is 4.07. The van der Waals surface area contributed by atoms with E-state index in [0.29, 0.717) is 0 Å². The third-order valence-corrected chi connectivity index (χ3v) is 4.99. The maximum absolute atomic E-state index is 2.37. The average Bonchev–Trinajstić information content (AvgIpc) is 2.65. The van der Waals surface area contributed by atoms with Crippen molar-refractivity contribution in [2.75, 3.05) is 0 Å². The van der Waals surface area contributed by atoms with Crippen molar-refractivity contribution in [2.45, 2.75) is 20.4 Å². The lowest BCUT2D eigenvalue weighted by molar-refractivity contribution is -0.676. The summed E-state index contributed by atoms with van der Waals surface area (Å²) in [5, 5.41) is 2.58. The Morgan fingerprint density at radius 2 is 1.48 bits per heavy atom. The normalized spacial score (nSPS) is 11.0. The number of fused-ring (bicyclic) bond motifs is 1. The molecule has 1 heterocycles. The van der Waals surface area contributed by atoms with E-state index in [0.717, 1.165) is 6.54 Å². The molecule has 0 aliphatic heterocycles. The average molecular weight is 324 g/mol. The minimum Gasteiger partial charge on any atom is -0.193 e. The van der Waals surface area contributed by atoms with E-state index >= 15 is 0 Å². The van der Waals surface area contributed by atoms with Gasteiger partial charge in [-0.3, -0.25) is 0 Å². The second-order valence-electron chi connectivity index (χ2n) is 6.61. The highest BCUT2D eigenvalue weighted by atomic mass is 15.0. The highest BCUT2D eigenvalue weighted by Gasteiger charge is 2.20. The number of rotatable bonds is 3. The van der Waals surface area contributed by atoms with Crippen LogP contribution >= 0.6 is 0 Å². The van der Waals surface area contributed by atoms with E-state index in [-0.39, 0.29) is 0 Å². The van der Waals surface area contributed by atoms with Gasteiger partial charge in [0.2, 0.25) is 5.69 Å². The topological polar surface area (TPSA) is 3.88 Å². The van der Waals surface area contributed by atoms with E-state index in [1.165, 1.54) is 38.7 Å². The molecule has 0 bridgehead atoms. The van der Waals surface area contributed by atoms with Gasteiger partial charge in [-0.2, -0.15) is 4.57 Å². The smallest absolute Gasteiger partial charge is 0.193 e. The van der Waals surface area contributed by atoms with Gasteiger partial charge in [-0.25, -0.2) is 0 Å². The van der Waals surface area contributed by atoms with E-state index in [9.17, 15) is 0 Å². The molecule has 1 aromatic heterocycles. The molecule has 0 aliphatic carbocycles. The van der Waals surface area contributed by atoms with E-state index in [2.05, 4.69) is 103 Å². The molecule has 122 valence electrons.